The highest BCUT2D eigenvalue weighted by atomic mass is 35.5. The van der Waals surface area contributed by atoms with Gasteiger partial charge in [0.05, 0.1) is 0 Å². The zero-order valence-corrected chi connectivity index (χ0v) is 10.6. The van der Waals surface area contributed by atoms with Crippen LogP contribution in [0.4, 0.5) is 0 Å². The molecule has 0 spiro atoms. The lowest BCUT2D eigenvalue weighted by Gasteiger charge is -1.99. The molecule has 0 radical (unpaired) electrons. The van der Waals surface area contributed by atoms with E-state index >= 15 is 0 Å². The molecule has 1 aromatic rings. The molecular weight excluding hydrogens is 266 g/mol. The van der Waals surface area contributed by atoms with Gasteiger partial charge in [-0.1, -0.05) is 41.4 Å². The van der Waals surface area contributed by atoms with Crippen molar-refractivity contribution in [3.8, 4) is 0 Å². The van der Waals surface area contributed by atoms with Crippen LogP contribution in [0.5, 0.6) is 0 Å². The zero-order valence-electron chi connectivity index (χ0n) is 8.29. The Labute approximate surface area is 109 Å². The van der Waals surface area contributed by atoms with E-state index in [-0.39, 0.29) is 17.1 Å². The van der Waals surface area contributed by atoms with Gasteiger partial charge in [0.25, 0.3) is 0 Å². The number of carbonyl (C=O) groups excluding carboxylic acids is 1. The van der Waals surface area contributed by atoms with Gasteiger partial charge in [-0.15, -0.1) is 0 Å². The molecule has 0 aromatic heterocycles. The Morgan fingerprint density at radius 1 is 1.25 bits per heavy atom. The highest BCUT2D eigenvalue weighted by molar-refractivity contribution is 6.64. The summed E-state index contributed by atoms with van der Waals surface area (Å²) in [6, 6.07) is 7.26. The van der Waals surface area contributed by atoms with Crippen LogP contribution in [0.15, 0.2) is 30.3 Å². The van der Waals surface area contributed by atoms with Gasteiger partial charge in [0.2, 0.25) is 5.24 Å². The Morgan fingerprint density at radius 3 is 2.38 bits per heavy atom. The molecule has 0 aliphatic heterocycles. The van der Waals surface area contributed by atoms with E-state index in [9.17, 15) is 4.79 Å². The summed E-state index contributed by atoms with van der Waals surface area (Å²) in [5, 5.41) is 1.04. The maximum absolute atomic E-state index is 10.9. The summed E-state index contributed by atoms with van der Waals surface area (Å²) < 4.78 is 0. The first kappa shape index (κ1) is 12.0. The normalized spacial score (nSPS) is 24.3. The van der Waals surface area contributed by atoms with Crippen LogP contribution in [-0.2, 0) is 4.79 Å². The number of hydrogen-bond donors (Lipinski definition) is 0. The molecule has 0 saturated heterocycles. The van der Waals surface area contributed by atoms with E-state index in [1.54, 1.807) is 12.1 Å². The van der Waals surface area contributed by atoms with Crippen LogP contribution in [0.1, 0.15) is 12.0 Å². The fourth-order valence-electron chi connectivity index (χ4n) is 1.55. The van der Waals surface area contributed by atoms with Crippen molar-refractivity contribution >= 4 is 45.1 Å². The van der Waals surface area contributed by atoms with Crippen LogP contribution in [0.2, 0.25) is 5.02 Å². The number of carbonyl (C=O) groups is 1. The lowest BCUT2D eigenvalue weighted by atomic mass is 10.2. The number of hydrogen-bond acceptors (Lipinski definition) is 1. The zero-order chi connectivity index (χ0) is 11.7. The van der Waals surface area contributed by atoms with E-state index in [1.165, 1.54) is 0 Å². The predicted octanol–water partition coefficient (Wildman–Crippen LogP) is 4.32. The van der Waals surface area contributed by atoms with Crippen molar-refractivity contribution < 1.29 is 4.79 Å². The smallest absolute Gasteiger partial charge is 0.225 e. The van der Waals surface area contributed by atoms with Crippen molar-refractivity contribution in [2.75, 3.05) is 0 Å². The molecule has 84 valence electrons. The minimum atomic E-state index is -0.276. The average Bonchev–Trinajstić information content (AvgIpc) is 2.98. The largest absolute Gasteiger partial charge is 0.281 e. The van der Waals surface area contributed by atoms with Gasteiger partial charge in [0.1, 0.15) is 0 Å². The molecule has 1 nitrogen and oxygen atoms in total. The van der Waals surface area contributed by atoms with Gasteiger partial charge in [-0.25, -0.2) is 0 Å². The van der Waals surface area contributed by atoms with E-state index in [4.69, 9.17) is 34.8 Å². The monoisotopic (exact) mass is 274 g/mol. The first-order chi connectivity index (χ1) is 7.58. The van der Waals surface area contributed by atoms with E-state index < -0.39 is 0 Å². The second-order valence-electron chi connectivity index (χ2n) is 3.83. The number of rotatable bonds is 3. The molecule has 2 atom stereocenters. The molecule has 0 N–H and O–H groups in total. The summed E-state index contributed by atoms with van der Waals surface area (Å²) >= 11 is 17.3. The van der Waals surface area contributed by atoms with Gasteiger partial charge in [0, 0.05) is 16.0 Å². The average molecular weight is 276 g/mol. The van der Waals surface area contributed by atoms with Crippen molar-refractivity contribution in [2.24, 2.45) is 11.8 Å². The van der Waals surface area contributed by atoms with Gasteiger partial charge >= 0.3 is 0 Å². The Hall–Kier alpha value is -0.500. The molecule has 1 aliphatic carbocycles. The summed E-state index contributed by atoms with van der Waals surface area (Å²) in [6.45, 7) is 0. The lowest BCUT2D eigenvalue weighted by Crippen LogP contribution is -1.90. The first-order valence-electron chi connectivity index (χ1n) is 4.90. The Morgan fingerprint density at radius 2 is 1.88 bits per heavy atom. The standard InChI is InChI=1S/C12H9Cl3O/c13-9-3-1-7(2-4-9)11(14)6-8-5-10(8)12(15)16/h1-4,6,8,10H,5H2/b11-6-/t8-,10+/m0/s1. The lowest BCUT2D eigenvalue weighted by molar-refractivity contribution is -0.112. The quantitative estimate of drug-likeness (QED) is 0.751. The third kappa shape index (κ3) is 2.79. The third-order valence-corrected chi connectivity index (χ3v) is 3.49. The number of benzene rings is 1. The van der Waals surface area contributed by atoms with Crippen molar-refractivity contribution in [1.29, 1.82) is 0 Å². The second kappa shape index (κ2) is 4.79. The van der Waals surface area contributed by atoms with Gasteiger partial charge in [0.15, 0.2) is 0 Å². The third-order valence-electron chi connectivity index (χ3n) is 2.61. The molecule has 1 fully saturated rings. The van der Waals surface area contributed by atoms with Crippen LogP contribution >= 0.6 is 34.8 Å². The minimum Gasteiger partial charge on any atom is -0.281 e. The van der Waals surface area contributed by atoms with Crippen LogP contribution < -0.4 is 0 Å². The number of allylic oxidation sites excluding steroid dienone is 1. The SMILES string of the molecule is O=C(Cl)[C@@H]1C[C@H]1/C=C(\Cl)c1ccc(Cl)cc1. The highest BCUT2D eigenvalue weighted by Crippen LogP contribution is 2.43. The van der Waals surface area contributed by atoms with E-state index in [0.29, 0.717) is 10.1 Å². The molecule has 0 bridgehead atoms. The Bertz CT molecular complexity index is 436. The molecule has 1 aliphatic rings. The van der Waals surface area contributed by atoms with Crippen LogP contribution in [0.25, 0.3) is 5.03 Å². The van der Waals surface area contributed by atoms with Crippen LogP contribution in [-0.4, -0.2) is 5.24 Å². The summed E-state index contributed by atoms with van der Waals surface area (Å²) in [6.07, 6.45) is 2.68. The van der Waals surface area contributed by atoms with Gasteiger partial charge in [-0.2, -0.15) is 0 Å². The molecule has 4 heteroatoms. The molecule has 1 aromatic carbocycles. The topological polar surface area (TPSA) is 17.1 Å². The minimum absolute atomic E-state index is 0.0530. The number of halogens is 3. The first-order valence-corrected chi connectivity index (χ1v) is 6.04. The highest BCUT2D eigenvalue weighted by Gasteiger charge is 2.40. The van der Waals surface area contributed by atoms with Crippen LogP contribution in [0.3, 0.4) is 0 Å². The fraction of sp³-hybridized carbons (Fsp3) is 0.250. The van der Waals surface area contributed by atoms with Crippen molar-refractivity contribution in [3.05, 3.63) is 40.9 Å². The predicted molar refractivity (Wildman–Crippen MR) is 67.7 cm³/mol. The maximum Gasteiger partial charge on any atom is 0.225 e. The van der Waals surface area contributed by atoms with Crippen molar-refractivity contribution in [1.82, 2.24) is 0 Å². The van der Waals surface area contributed by atoms with E-state index in [1.807, 2.05) is 18.2 Å². The summed E-state index contributed by atoms with van der Waals surface area (Å²) in [5.41, 5.74) is 0.902. The maximum atomic E-state index is 10.9. The molecule has 2 rings (SSSR count). The molecule has 0 unspecified atom stereocenters. The fourth-order valence-corrected chi connectivity index (χ4v) is 2.22. The van der Waals surface area contributed by atoms with Gasteiger partial charge in [-0.05, 0) is 41.6 Å². The van der Waals surface area contributed by atoms with Crippen molar-refractivity contribution in [3.63, 3.8) is 0 Å². The Balaban J connectivity index is 2.08. The van der Waals surface area contributed by atoms with E-state index in [0.717, 1.165) is 12.0 Å². The molecule has 16 heavy (non-hydrogen) atoms. The molecule has 1 saturated carbocycles. The van der Waals surface area contributed by atoms with Gasteiger partial charge in [-0.3, -0.25) is 4.79 Å². The summed E-state index contributed by atoms with van der Waals surface area (Å²) in [4.78, 5) is 10.9. The van der Waals surface area contributed by atoms with Crippen LogP contribution in [0, 0.1) is 11.8 Å². The molecular formula is C12H9Cl3O. The van der Waals surface area contributed by atoms with E-state index in [2.05, 4.69) is 0 Å². The van der Waals surface area contributed by atoms with Gasteiger partial charge < -0.3 is 0 Å². The molecule has 0 amide bonds. The summed E-state index contributed by atoms with van der Waals surface area (Å²) in [7, 11) is 0. The Kier molecular flexibility index (Phi) is 3.58. The molecule has 0 heterocycles. The summed E-state index contributed by atoms with van der Waals surface area (Å²) in [5.74, 6) is 0.135. The van der Waals surface area contributed by atoms with Crippen molar-refractivity contribution in [2.45, 2.75) is 6.42 Å². The second-order valence-corrected chi connectivity index (χ2v) is 5.05.